The Morgan fingerprint density at radius 1 is 1.24 bits per heavy atom. The number of morpholine rings is 1. The molecule has 3 fully saturated rings. The monoisotopic (exact) mass is 564 g/mol. The number of hydrogen-bond acceptors (Lipinski definition) is 7. The minimum Gasteiger partial charge on any atom is -0.448 e. The number of nitriles is 1. The number of benzene rings is 1. The van der Waals surface area contributed by atoms with E-state index in [0.29, 0.717) is 57.3 Å². The largest absolute Gasteiger partial charge is 0.448 e. The molecule has 4 rings (SSSR count). The summed E-state index contributed by atoms with van der Waals surface area (Å²) in [6.07, 6.45) is 8.15. The van der Waals surface area contributed by atoms with Crippen molar-refractivity contribution in [1.82, 2.24) is 15.1 Å². The van der Waals surface area contributed by atoms with E-state index in [2.05, 4.69) is 16.4 Å². The van der Waals surface area contributed by atoms with Crippen molar-refractivity contribution in [2.75, 3.05) is 39.5 Å². The van der Waals surface area contributed by atoms with Gasteiger partial charge in [0.15, 0.2) is 0 Å². The molecule has 41 heavy (non-hydrogen) atoms. The van der Waals surface area contributed by atoms with Crippen LogP contribution in [0.1, 0.15) is 76.8 Å². The van der Waals surface area contributed by atoms with Crippen molar-refractivity contribution in [3.8, 4) is 6.07 Å². The number of ether oxygens (including phenoxy) is 2. The van der Waals surface area contributed by atoms with Crippen LogP contribution < -0.4 is 5.32 Å². The predicted molar refractivity (Wildman–Crippen MR) is 158 cm³/mol. The van der Waals surface area contributed by atoms with Crippen LogP contribution in [0, 0.1) is 17.2 Å². The molecule has 2 amide bonds. The van der Waals surface area contributed by atoms with Crippen molar-refractivity contribution in [2.24, 2.45) is 15.9 Å². The molecule has 0 aromatic heterocycles. The second kappa shape index (κ2) is 15.1. The summed E-state index contributed by atoms with van der Waals surface area (Å²) in [4.78, 5) is 39.3. The number of nitrogens with zero attached hydrogens (tertiary/aromatic N) is 5. The van der Waals surface area contributed by atoms with Crippen LogP contribution >= 0.6 is 0 Å². The molecule has 1 aromatic carbocycles. The Balaban J connectivity index is 1.72. The third-order valence-corrected chi connectivity index (χ3v) is 8.49. The molecule has 2 atom stereocenters. The number of piperidine rings is 1. The number of amidine groups is 1. The molecule has 2 heterocycles. The van der Waals surface area contributed by atoms with Gasteiger partial charge >= 0.3 is 6.09 Å². The van der Waals surface area contributed by atoms with Crippen LogP contribution in [0.25, 0.3) is 0 Å². The fourth-order valence-corrected chi connectivity index (χ4v) is 6.24. The summed E-state index contributed by atoms with van der Waals surface area (Å²) in [5.74, 6) is 0.811. The maximum atomic E-state index is 14.8. The van der Waals surface area contributed by atoms with E-state index >= 15 is 0 Å². The zero-order valence-corrected chi connectivity index (χ0v) is 24.5. The maximum absolute atomic E-state index is 14.8. The lowest BCUT2D eigenvalue weighted by atomic mass is 9.82. The number of amides is 2. The van der Waals surface area contributed by atoms with Gasteiger partial charge < -0.3 is 24.6 Å². The van der Waals surface area contributed by atoms with E-state index in [1.54, 1.807) is 11.8 Å². The lowest BCUT2D eigenvalue weighted by molar-refractivity contribution is -0.141. The maximum Gasteiger partial charge on any atom is 0.434 e. The fourth-order valence-electron chi connectivity index (χ4n) is 6.24. The van der Waals surface area contributed by atoms with Crippen molar-refractivity contribution in [3.05, 3.63) is 35.9 Å². The van der Waals surface area contributed by atoms with E-state index < -0.39 is 17.7 Å². The standard InChI is InChI=1S/C31H44N6O4/c1-3-41-30(39)34-23-36-18-19-40-21-28(36)35-27(20-25-10-6-4-7-11-25)29(38)37(24(2)26-12-8-5-9-13-26)31(22-32)14-16-33-17-15-31/h5,8-9,12-13,23-25,27,33H,3-4,6-7,10-11,14-21H2,1-2H3. The van der Waals surface area contributed by atoms with E-state index in [9.17, 15) is 14.9 Å². The first kappa shape index (κ1) is 30.7. The third kappa shape index (κ3) is 7.92. The molecular formula is C31H44N6O4. The summed E-state index contributed by atoms with van der Waals surface area (Å²) in [6.45, 7) is 6.46. The summed E-state index contributed by atoms with van der Waals surface area (Å²) in [5.41, 5.74) is 0.0544. The smallest absolute Gasteiger partial charge is 0.434 e. The number of carbonyl (C=O) groups excluding carboxylic acids is 2. The highest BCUT2D eigenvalue weighted by Gasteiger charge is 2.46. The van der Waals surface area contributed by atoms with Crippen molar-refractivity contribution in [3.63, 3.8) is 0 Å². The van der Waals surface area contributed by atoms with E-state index in [1.165, 1.54) is 12.8 Å². The van der Waals surface area contributed by atoms with Crippen molar-refractivity contribution < 1.29 is 19.1 Å². The molecule has 0 bridgehead atoms. The first-order valence-corrected chi connectivity index (χ1v) is 15.1. The zero-order valence-electron chi connectivity index (χ0n) is 24.5. The number of hydrogen-bond donors (Lipinski definition) is 1. The molecule has 2 saturated heterocycles. The SMILES string of the molecule is CCOC(=O)N=CN1CCOCC1=NC(CC1CCCCC1)C(=O)N(C(C)c1ccccc1)C1(C#N)CCNCC1. The molecule has 2 aliphatic heterocycles. The Morgan fingerprint density at radius 3 is 2.66 bits per heavy atom. The highest BCUT2D eigenvalue weighted by Crippen LogP contribution is 2.37. The van der Waals surface area contributed by atoms with Crippen molar-refractivity contribution in [2.45, 2.75) is 82.8 Å². The molecule has 1 N–H and O–H groups in total. The third-order valence-electron chi connectivity index (χ3n) is 8.49. The lowest BCUT2D eigenvalue weighted by Crippen LogP contribution is -2.59. The quantitative estimate of drug-likeness (QED) is 0.347. The second-order valence-corrected chi connectivity index (χ2v) is 11.2. The number of carbonyl (C=O) groups is 2. The Bertz CT molecular complexity index is 1110. The zero-order chi connectivity index (χ0) is 29.1. The predicted octanol–water partition coefficient (Wildman–Crippen LogP) is 4.48. The second-order valence-electron chi connectivity index (χ2n) is 11.2. The summed E-state index contributed by atoms with van der Waals surface area (Å²) in [5, 5.41) is 13.9. The fraction of sp³-hybridized carbons (Fsp3) is 0.645. The molecule has 2 unspecified atom stereocenters. The molecule has 1 aliphatic carbocycles. The van der Waals surface area contributed by atoms with Gasteiger partial charge in [-0.05, 0) is 57.7 Å². The van der Waals surface area contributed by atoms with Gasteiger partial charge in [0, 0.05) is 6.54 Å². The Hall–Kier alpha value is -3.29. The Morgan fingerprint density at radius 2 is 1.98 bits per heavy atom. The molecule has 10 heteroatoms. The van der Waals surface area contributed by atoms with Gasteiger partial charge in [0.2, 0.25) is 5.91 Å². The molecule has 3 aliphatic rings. The van der Waals surface area contributed by atoms with E-state index in [4.69, 9.17) is 14.5 Å². The van der Waals surface area contributed by atoms with Crippen LogP contribution in [0.5, 0.6) is 0 Å². The Labute approximate surface area is 243 Å². The lowest BCUT2D eigenvalue weighted by Gasteiger charge is -2.46. The van der Waals surface area contributed by atoms with Crippen LogP contribution in [0.3, 0.4) is 0 Å². The van der Waals surface area contributed by atoms with Crippen molar-refractivity contribution in [1.29, 1.82) is 5.26 Å². The van der Waals surface area contributed by atoms with Gasteiger partial charge in [0.05, 0.1) is 25.3 Å². The van der Waals surface area contributed by atoms with E-state index in [-0.39, 0.29) is 25.2 Å². The average Bonchev–Trinajstić information content (AvgIpc) is 3.02. The summed E-state index contributed by atoms with van der Waals surface area (Å²) >= 11 is 0. The Kier molecular flexibility index (Phi) is 11.3. The molecular weight excluding hydrogens is 520 g/mol. The number of aliphatic imine (C=N–C) groups is 2. The summed E-state index contributed by atoms with van der Waals surface area (Å²) in [6, 6.07) is 11.5. The summed E-state index contributed by atoms with van der Waals surface area (Å²) in [7, 11) is 0. The van der Waals surface area contributed by atoms with Crippen LogP contribution in [0.2, 0.25) is 0 Å². The van der Waals surface area contributed by atoms with Crippen LogP contribution in [-0.2, 0) is 14.3 Å². The highest BCUT2D eigenvalue weighted by molar-refractivity contribution is 5.97. The first-order valence-electron chi connectivity index (χ1n) is 15.1. The van der Waals surface area contributed by atoms with Crippen molar-refractivity contribution >= 4 is 24.2 Å². The van der Waals surface area contributed by atoms with Gasteiger partial charge in [0.1, 0.15) is 30.4 Å². The number of nitrogens with one attached hydrogen (secondary N) is 1. The van der Waals surface area contributed by atoms with Gasteiger partial charge in [-0.1, -0.05) is 62.4 Å². The molecule has 10 nitrogen and oxygen atoms in total. The normalized spacial score (nSPS) is 22.2. The first-order chi connectivity index (χ1) is 20.0. The van der Waals surface area contributed by atoms with Gasteiger partial charge in [-0.3, -0.25) is 9.79 Å². The molecule has 1 aromatic rings. The van der Waals surface area contributed by atoms with Crippen LogP contribution in [0.15, 0.2) is 40.3 Å². The molecule has 0 spiro atoms. The van der Waals surface area contributed by atoms with Gasteiger partial charge in [-0.15, -0.1) is 0 Å². The minimum absolute atomic E-state index is 0.129. The van der Waals surface area contributed by atoms with Gasteiger partial charge in [-0.2, -0.15) is 10.3 Å². The average molecular weight is 565 g/mol. The minimum atomic E-state index is -0.934. The summed E-state index contributed by atoms with van der Waals surface area (Å²) < 4.78 is 10.7. The van der Waals surface area contributed by atoms with E-state index in [0.717, 1.165) is 31.2 Å². The van der Waals surface area contributed by atoms with Gasteiger partial charge in [-0.25, -0.2) is 4.79 Å². The molecule has 222 valence electrons. The van der Waals surface area contributed by atoms with Gasteiger partial charge in [0.25, 0.3) is 0 Å². The molecule has 1 saturated carbocycles. The topological polar surface area (TPSA) is 120 Å². The van der Waals surface area contributed by atoms with E-state index in [1.807, 2.05) is 42.2 Å². The molecule has 0 radical (unpaired) electrons. The van der Waals surface area contributed by atoms with Crippen LogP contribution in [-0.4, -0.2) is 85.0 Å². The van der Waals surface area contributed by atoms with Crippen LogP contribution in [0.4, 0.5) is 4.79 Å². The number of rotatable bonds is 9. The highest BCUT2D eigenvalue weighted by atomic mass is 16.5.